The number of thiophene rings is 1. The lowest BCUT2D eigenvalue weighted by atomic mass is 10.1. The lowest BCUT2D eigenvalue weighted by Crippen LogP contribution is -2.37. The van der Waals surface area contributed by atoms with Crippen molar-refractivity contribution in [3.8, 4) is 0 Å². The standard InChI is InChI=1S/C13H21NO4S/c1-9-5-6-11(19-9)10(7-8-15)14(17)12(16)18-13(2,3)4/h5-6,10,15,17H,7-8H2,1-4H3. The van der Waals surface area contributed by atoms with E-state index in [-0.39, 0.29) is 13.0 Å². The maximum absolute atomic E-state index is 11.8. The summed E-state index contributed by atoms with van der Waals surface area (Å²) in [5, 5.41) is 19.6. The fourth-order valence-electron chi connectivity index (χ4n) is 1.58. The van der Waals surface area contributed by atoms with Crippen molar-refractivity contribution in [3.05, 3.63) is 21.9 Å². The molecule has 0 spiro atoms. The lowest BCUT2D eigenvalue weighted by molar-refractivity contribution is -0.124. The zero-order valence-electron chi connectivity index (χ0n) is 11.7. The molecule has 1 amide bonds. The molecule has 1 aromatic rings. The van der Waals surface area contributed by atoms with Crippen molar-refractivity contribution in [2.45, 2.75) is 45.8 Å². The lowest BCUT2D eigenvalue weighted by Gasteiger charge is -2.28. The molecule has 0 aromatic carbocycles. The van der Waals surface area contributed by atoms with Gasteiger partial charge in [0.25, 0.3) is 0 Å². The van der Waals surface area contributed by atoms with Crippen LogP contribution in [0, 0.1) is 6.92 Å². The number of amides is 1. The first-order chi connectivity index (χ1) is 8.74. The summed E-state index contributed by atoms with van der Waals surface area (Å²) in [6.45, 7) is 7.01. The van der Waals surface area contributed by atoms with Gasteiger partial charge in [-0.25, -0.2) is 4.79 Å². The van der Waals surface area contributed by atoms with Crippen molar-refractivity contribution in [2.24, 2.45) is 0 Å². The van der Waals surface area contributed by atoms with Gasteiger partial charge in [0.05, 0.1) is 6.04 Å². The molecule has 0 aliphatic rings. The molecule has 0 aliphatic heterocycles. The summed E-state index contributed by atoms with van der Waals surface area (Å²) in [5.74, 6) is 0. The molecule has 1 aromatic heterocycles. The molecule has 19 heavy (non-hydrogen) atoms. The molecule has 2 N–H and O–H groups in total. The Kier molecular flexibility index (Phi) is 5.34. The molecule has 1 unspecified atom stereocenters. The van der Waals surface area contributed by atoms with E-state index >= 15 is 0 Å². The number of carbonyl (C=O) groups excluding carboxylic acids is 1. The first-order valence-electron chi connectivity index (χ1n) is 6.13. The zero-order valence-corrected chi connectivity index (χ0v) is 12.5. The molecule has 1 atom stereocenters. The van der Waals surface area contributed by atoms with Gasteiger partial charge in [0.2, 0.25) is 0 Å². The number of hydrogen-bond acceptors (Lipinski definition) is 5. The second kappa shape index (κ2) is 6.36. The number of ether oxygens (including phenoxy) is 1. The van der Waals surface area contributed by atoms with Crippen molar-refractivity contribution in [1.82, 2.24) is 5.06 Å². The van der Waals surface area contributed by atoms with E-state index in [1.54, 1.807) is 20.8 Å². The van der Waals surface area contributed by atoms with E-state index < -0.39 is 17.7 Å². The van der Waals surface area contributed by atoms with Gasteiger partial charge in [-0.05, 0) is 46.2 Å². The van der Waals surface area contributed by atoms with Crippen LogP contribution in [0.2, 0.25) is 0 Å². The van der Waals surface area contributed by atoms with Gasteiger partial charge in [-0.1, -0.05) is 0 Å². The Morgan fingerprint density at radius 1 is 1.47 bits per heavy atom. The van der Waals surface area contributed by atoms with Gasteiger partial charge >= 0.3 is 6.09 Å². The first-order valence-corrected chi connectivity index (χ1v) is 6.94. The number of carbonyl (C=O) groups is 1. The van der Waals surface area contributed by atoms with Gasteiger partial charge in [-0.15, -0.1) is 11.3 Å². The molecular formula is C13H21NO4S. The molecule has 1 rings (SSSR count). The maximum atomic E-state index is 11.8. The Hall–Kier alpha value is -1.11. The SMILES string of the molecule is Cc1ccc(C(CCO)N(O)C(=O)OC(C)(C)C)s1. The number of nitrogens with zero attached hydrogens (tertiary/aromatic N) is 1. The third-order valence-corrected chi connectivity index (χ3v) is 3.47. The highest BCUT2D eigenvalue weighted by Crippen LogP contribution is 2.30. The Bertz CT molecular complexity index is 425. The predicted octanol–water partition coefficient (Wildman–Crippen LogP) is 3.11. The predicted molar refractivity (Wildman–Crippen MR) is 73.4 cm³/mol. The molecule has 6 heteroatoms. The van der Waals surface area contributed by atoms with Crippen LogP contribution in [0.3, 0.4) is 0 Å². The van der Waals surface area contributed by atoms with Crippen LogP contribution < -0.4 is 0 Å². The second-order valence-electron chi connectivity index (χ2n) is 5.30. The fourth-order valence-corrected chi connectivity index (χ4v) is 2.57. The van der Waals surface area contributed by atoms with Crippen LogP contribution in [0.4, 0.5) is 4.79 Å². The largest absolute Gasteiger partial charge is 0.442 e. The highest BCUT2D eigenvalue weighted by molar-refractivity contribution is 7.12. The third-order valence-electron chi connectivity index (χ3n) is 2.37. The first kappa shape index (κ1) is 15.9. The molecule has 0 aliphatic carbocycles. The van der Waals surface area contributed by atoms with Crippen LogP contribution in [-0.4, -0.2) is 33.7 Å². The number of aliphatic hydroxyl groups excluding tert-OH is 1. The summed E-state index contributed by atoms with van der Waals surface area (Å²) in [6.07, 6.45) is -0.549. The molecule has 108 valence electrons. The summed E-state index contributed by atoms with van der Waals surface area (Å²) < 4.78 is 5.12. The van der Waals surface area contributed by atoms with Crippen molar-refractivity contribution >= 4 is 17.4 Å². The third kappa shape index (κ3) is 4.81. The monoisotopic (exact) mass is 287 g/mol. The fraction of sp³-hybridized carbons (Fsp3) is 0.615. The van der Waals surface area contributed by atoms with E-state index in [1.165, 1.54) is 11.3 Å². The van der Waals surface area contributed by atoms with E-state index in [4.69, 9.17) is 9.84 Å². The van der Waals surface area contributed by atoms with Gasteiger partial charge in [0, 0.05) is 16.4 Å². The van der Waals surface area contributed by atoms with E-state index in [2.05, 4.69) is 0 Å². The van der Waals surface area contributed by atoms with Gasteiger partial charge in [-0.2, -0.15) is 5.06 Å². The minimum Gasteiger partial charge on any atom is -0.442 e. The number of rotatable bonds is 4. The normalized spacial score (nSPS) is 13.2. The van der Waals surface area contributed by atoms with Gasteiger partial charge in [0.1, 0.15) is 5.60 Å². The van der Waals surface area contributed by atoms with Crippen molar-refractivity contribution in [1.29, 1.82) is 0 Å². The number of aryl methyl sites for hydroxylation is 1. The summed E-state index contributed by atoms with van der Waals surface area (Å²) in [5.41, 5.74) is -0.673. The molecule has 0 saturated carbocycles. The molecule has 5 nitrogen and oxygen atoms in total. The Morgan fingerprint density at radius 2 is 2.11 bits per heavy atom. The Balaban J connectivity index is 2.84. The van der Waals surface area contributed by atoms with Crippen molar-refractivity contribution < 1.29 is 19.8 Å². The van der Waals surface area contributed by atoms with Crippen LogP contribution in [0.5, 0.6) is 0 Å². The van der Waals surface area contributed by atoms with Gasteiger partial charge in [-0.3, -0.25) is 5.21 Å². The minimum absolute atomic E-state index is 0.124. The van der Waals surface area contributed by atoms with Crippen LogP contribution in [0.15, 0.2) is 12.1 Å². The van der Waals surface area contributed by atoms with Crippen LogP contribution >= 0.6 is 11.3 Å². The molecule has 0 fully saturated rings. The Labute approximate surface area is 117 Å². The molecule has 0 bridgehead atoms. The van der Waals surface area contributed by atoms with E-state index in [9.17, 15) is 10.0 Å². The highest BCUT2D eigenvalue weighted by atomic mass is 32.1. The second-order valence-corrected chi connectivity index (χ2v) is 6.62. The smallest absolute Gasteiger partial charge is 0.434 e. The maximum Gasteiger partial charge on any atom is 0.434 e. The summed E-state index contributed by atoms with van der Waals surface area (Å²) in [6, 6.07) is 3.17. The molecule has 1 heterocycles. The number of hydroxylamine groups is 2. The molecule has 0 radical (unpaired) electrons. The van der Waals surface area contributed by atoms with Gasteiger partial charge < -0.3 is 9.84 Å². The van der Waals surface area contributed by atoms with E-state index in [0.717, 1.165) is 9.75 Å². The topological polar surface area (TPSA) is 70.0 Å². The molecule has 0 saturated heterocycles. The van der Waals surface area contributed by atoms with Crippen LogP contribution in [0.1, 0.15) is 43.0 Å². The summed E-state index contributed by atoms with van der Waals surface area (Å²) in [4.78, 5) is 13.7. The van der Waals surface area contributed by atoms with Crippen molar-refractivity contribution in [3.63, 3.8) is 0 Å². The average Bonchev–Trinajstić information content (AvgIpc) is 2.69. The Morgan fingerprint density at radius 3 is 2.53 bits per heavy atom. The van der Waals surface area contributed by atoms with E-state index in [0.29, 0.717) is 5.06 Å². The molecular weight excluding hydrogens is 266 g/mol. The number of hydrogen-bond donors (Lipinski definition) is 2. The summed E-state index contributed by atoms with van der Waals surface area (Å²) >= 11 is 1.48. The number of aliphatic hydroxyl groups is 1. The van der Waals surface area contributed by atoms with Gasteiger partial charge in [0.15, 0.2) is 0 Å². The zero-order chi connectivity index (χ0) is 14.6. The quantitative estimate of drug-likeness (QED) is 0.659. The van der Waals surface area contributed by atoms with Crippen LogP contribution in [-0.2, 0) is 4.74 Å². The summed E-state index contributed by atoms with van der Waals surface area (Å²) in [7, 11) is 0. The minimum atomic E-state index is -0.808. The average molecular weight is 287 g/mol. The van der Waals surface area contributed by atoms with Crippen molar-refractivity contribution in [2.75, 3.05) is 6.61 Å². The van der Waals surface area contributed by atoms with E-state index in [1.807, 2.05) is 19.1 Å². The highest BCUT2D eigenvalue weighted by Gasteiger charge is 2.29. The van der Waals surface area contributed by atoms with Crippen LogP contribution in [0.25, 0.3) is 0 Å².